The zero-order valence-electron chi connectivity index (χ0n) is 11.0. The van der Waals surface area contributed by atoms with Gasteiger partial charge in [0.15, 0.2) is 6.29 Å². The predicted molar refractivity (Wildman–Crippen MR) is 67.3 cm³/mol. The predicted octanol–water partition coefficient (Wildman–Crippen LogP) is 3.69. The van der Waals surface area contributed by atoms with E-state index in [1.807, 2.05) is 0 Å². The Morgan fingerprint density at radius 1 is 1.19 bits per heavy atom. The fraction of sp³-hybridized carbons (Fsp3) is 0.714. The molecule has 1 heterocycles. The SMILES string of the molecule is CC(C)=CCC/C(C)=C/C1OCC(C)CO1. The molecule has 16 heavy (non-hydrogen) atoms. The van der Waals surface area contributed by atoms with E-state index in [4.69, 9.17) is 9.47 Å². The summed E-state index contributed by atoms with van der Waals surface area (Å²) in [5.74, 6) is 0.524. The third-order valence-corrected chi connectivity index (χ3v) is 2.60. The molecule has 1 rings (SSSR count). The van der Waals surface area contributed by atoms with Gasteiger partial charge >= 0.3 is 0 Å². The molecule has 2 heteroatoms. The molecule has 0 unspecified atom stereocenters. The number of hydrogen-bond acceptors (Lipinski definition) is 2. The molecule has 1 saturated heterocycles. The van der Waals surface area contributed by atoms with Crippen LogP contribution < -0.4 is 0 Å². The monoisotopic (exact) mass is 224 g/mol. The molecule has 0 aromatic carbocycles. The molecular weight excluding hydrogens is 200 g/mol. The van der Waals surface area contributed by atoms with Crippen molar-refractivity contribution in [3.05, 3.63) is 23.3 Å². The van der Waals surface area contributed by atoms with Crippen molar-refractivity contribution in [3.63, 3.8) is 0 Å². The molecule has 0 N–H and O–H groups in total. The van der Waals surface area contributed by atoms with Gasteiger partial charge in [-0.05, 0) is 39.7 Å². The van der Waals surface area contributed by atoms with Gasteiger partial charge in [0.2, 0.25) is 0 Å². The van der Waals surface area contributed by atoms with Crippen LogP contribution >= 0.6 is 0 Å². The summed E-state index contributed by atoms with van der Waals surface area (Å²) in [6.07, 6.45) is 6.44. The molecule has 0 aromatic rings. The highest BCUT2D eigenvalue weighted by molar-refractivity contribution is 5.03. The van der Waals surface area contributed by atoms with Crippen molar-refractivity contribution in [3.8, 4) is 0 Å². The number of rotatable bonds is 4. The largest absolute Gasteiger partial charge is 0.349 e. The van der Waals surface area contributed by atoms with Crippen molar-refractivity contribution in [1.82, 2.24) is 0 Å². The van der Waals surface area contributed by atoms with Crippen molar-refractivity contribution in [1.29, 1.82) is 0 Å². The van der Waals surface area contributed by atoms with E-state index in [9.17, 15) is 0 Å². The standard InChI is InChI=1S/C14H24O2/c1-11(2)6-5-7-12(3)8-14-15-9-13(4)10-16-14/h6,8,13-14H,5,7,9-10H2,1-4H3/b12-8+. The minimum atomic E-state index is -0.122. The molecule has 1 aliphatic heterocycles. The van der Waals surface area contributed by atoms with E-state index in [0.717, 1.165) is 26.1 Å². The van der Waals surface area contributed by atoms with Crippen molar-refractivity contribution < 1.29 is 9.47 Å². The second kappa shape index (κ2) is 6.87. The summed E-state index contributed by atoms with van der Waals surface area (Å²) in [5.41, 5.74) is 2.73. The summed E-state index contributed by atoms with van der Waals surface area (Å²) >= 11 is 0. The Kier molecular flexibility index (Phi) is 5.78. The van der Waals surface area contributed by atoms with Crippen molar-refractivity contribution in [2.75, 3.05) is 13.2 Å². The van der Waals surface area contributed by atoms with E-state index < -0.39 is 0 Å². The van der Waals surface area contributed by atoms with Gasteiger partial charge in [-0.1, -0.05) is 24.1 Å². The lowest BCUT2D eigenvalue weighted by molar-refractivity contribution is -0.171. The first-order valence-corrected chi connectivity index (χ1v) is 6.12. The maximum absolute atomic E-state index is 5.57. The van der Waals surface area contributed by atoms with Crippen LogP contribution in [0.1, 0.15) is 40.5 Å². The molecule has 0 atom stereocenters. The van der Waals surface area contributed by atoms with Gasteiger partial charge in [0.1, 0.15) is 0 Å². The first kappa shape index (κ1) is 13.5. The molecule has 0 amide bonds. The van der Waals surface area contributed by atoms with E-state index in [0.29, 0.717) is 5.92 Å². The third-order valence-electron chi connectivity index (χ3n) is 2.60. The lowest BCUT2D eigenvalue weighted by Crippen LogP contribution is -2.29. The minimum absolute atomic E-state index is 0.122. The average molecular weight is 224 g/mol. The Hall–Kier alpha value is -0.600. The molecule has 0 radical (unpaired) electrons. The van der Waals surface area contributed by atoms with E-state index in [2.05, 4.69) is 39.8 Å². The smallest absolute Gasteiger partial charge is 0.177 e. The van der Waals surface area contributed by atoms with Gasteiger partial charge in [0, 0.05) is 5.92 Å². The lowest BCUT2D eigenvalue weighted by atomic mass is 10.1. The zero-order valence-corrected chi connectivity index (χ0v) is 11.0. The summed E-state index contributed by atoms with van der Waals surface area (Å²) in [6, 6.07) is 0. The molecule has 2 nitrogen and oxygen atoms in total. The lowest BCUT2D eigenvalue weighted by Gasteiger charge is -2.25. The molecule has 0 bridgehead atoms. The fourth-order valence-corrected chi connectivity index (χ4v) is 1.61. The van der Waals surface area contributed by atoms with Crippen LogP contribution in [-0.2, 0) is 9.47 Å². The molecule has 1 fully saturated rings. The van der Waals surface area contributed by atoms with Crippen LogP contribution in [0.4, 0.5) is 0 Å². The van der Waals surface area contributed by atoms with Gasteiger partial charge in [-0.15, -0.1) is 0 Å². The summed E-state index contributed by atoms with van der Waals surface area (Å²) in [5, 5.41) is 0. The number of ether oxygens (including phenoxy) is 2. The van der Waals surface area contributed by atoms with E-state index in [1.165, 1.54) is 11.1 Å². The first-order chi connectivity index (χ1) is 7.58. The van der Waals surface area contributed by atoms with Gasteiger partial charge in [-0.3, -0.25) is 0 Å². The van der Waals surface area contributed by atoms with Gasteiger partial charge < -0.3 is 9.47 Å². The minimum Gasteiger partial charge on any atom is -0.349 e. The van der Waals surface area contributed by atoms with Crippen LogP contribution in [0.15, 0.2) is 23.3 Å². The highest BCUT2D eigenvalue weighted by Gasteiger charge is 2.16. The Morgan fingerprint density at radius 2 is 1.81 bits per heavy atom. The summed E-state index contributed by atoms with van der Waals surface area (Å²) < 4.78 is 11.1. The highest BCUT2D eigenvalue weighted by Crippen LogP contribution is 2.15. The third kappa shape index (κ3) is 5.47. The maximum Gasteiger partial charge on any atom is 0.177 e. The summed E-state index contributed by atoms with van der Waals surface area (Å²) in [4.78, 5) is 0. The fourth-order valence-electron chi connectivity index (χ4n) is 1.61. The zero-order chi connectivity index (χ0) is 12.0. The van der Waals surface area contributed by atoms with Crippen LogP contribution in [0.2, 0.25) is 0 Å². The second-order valence-electron chi connectivity index (χ2n) is 4.97. The van der Waals surface area contributed by atoms with Crippen LogP contribution in [0, 0.1) is 5.92 Å². The summed E-state index contributed by atoms with van der Waals surface area (Å²) in [6.45, 7) is 10.2. The Labute approximate surface area is 99.3 Å². The topological polar surface area (TPSA) is 18.5 Å². The van der Waals surface area contributed by atoms with Gasteiger partial charge in [0.25, 0.3) is 0 Å². The summed E-state index contributed by atoms with van der Waals surface area (Å²) in [7, 11) is 0. The van der Waals surface area contributed by atoms with E-state index >= 15 is 0 Å². The molecular formula is C14H24O2. The van der Waals surface area contributed by atoms with Crippen molar-refractivity contribution >= 4 is 0 Å². The second-order valence-corrected chi connectivity index (χ2v) is 4.97. The van der Waals surface area contributed by atoms with Crippen LogP contribution in [-0.4, -0.2) is 19.5 Å². The van der Waals surface area contributed by atoms with E-state index in [-0.39, 0.29) is 6.29 Å². The average Bonchev–Trinajstić information content (AvgIpc) is 2.21. The molecule has 0 saturated carbocycles. The van der Waals surface area contributed by atoms with Crippen LogP contribution in [0.3, 0.4) is 0 Å². The van der Waals surface area contributed by atoms with Gasteiger partial charge in [-0.25, -0.2) is 0 Å². The van der Waals surface area contributed by atoms with Gasteiger partial charge in [-0.2, -0.15) is 0 Å². The molecule has 1 aliphatic rings. The Bertz CT molecular complexity index is 254. The highest BCUT2D eigenvalue weighted by atomic mass is 16.7. The maximum atomic E-state index is 5.57. The van der Waals surface area contributed by atoms with Crippen molar-refractivity contribution in [2.45, 2.75) is 46.8 Å². The number of hydrogen-bond donors (Lipinski definition) is 0. The number of allylic oxidation sites excluding steroid dienone is 3. The van der Waals surface area contributed by atoms with Gasteiger partial charge in [0.05, 0.1) is 13.2 Å². The molecule has 0 aromatic heterocycles. The molecule has 0 spiro atoms. The Morgan fingerprint density at radius 3 is 2.38 bits per heavy atom. The van der Waals surface area contributed by atoms with Crippen molar-refractivity contribution in [2.24, 2.45) is 5.92 Å². The first-order valence-electron chi connectivity index (χ1n) is 6.12. The quantitative estimate of drug-likeness (QED) is 0.678. The van der Waals surface area contributed by atoms with Crippen LogP contribution in [0.5, 0.6) is 0 Å². The van der Waals surface area contributed by atoms with E-state index in [1.54, 1.807) is 0 Å². The Balaban J connectivity index is 2.29. The molecule has 92 valence electrons. The normalized spacial score (nSPS) is 26.6. The van der Waals surface area contributed by atoms with Crippen LogP contribution in [0.25, 0.3) is 0 Å². The molecule has 0 aliphatic carbocycles.